The molecule has 0 aliphatic rings. The Morgan fingerprint density at radius 2 is 1.79 bits per heavy atom. The zero-order chi connectivity index (χ0) is 18.0. The molecule has 0 aliphatic carbocycles. The van der Waals surface area contributed by atoms with Crippen molar-refractivity contribution in [3.63, 3.8) is 0 Å². The summed E-state index contributed by atoms with van der Waals surface area (Å²) in [5.41, 5.74) is -0.215. The Kier molecular flexibility index (Phi) is 8.01. The van der Waals surface area contributed by atoms with E-state index in [-0.39, 0.29) is 11.9 Å². The van der Waals surface area contributed by atoms with Crippen molar-refractivity contribution in [3.05, 3.63) is 41.5 Å². The fraction of sp³-hybridized carbons (Fsp3) is 0.412. The predicted octanol–water partition coefficient (Wildman–Crippen LogP) is 3.57. The second kappa shape index (κ2) is 9.75. The normalized spacial score (nSPS) is 11.5. The highest BCUT2D eigenvalue weighted by Crippen LogP contribution is 2.29. The van der Waals surface area contributed by atoms with E-state index in [1.165, 1.54) is 31.4 Å². The van der Waals surface area contributed by atoms with Gasteiger partial charge in [-0.2, -0.15) is 13.2 Å². The molecule has 1 amide bonds. The smallest absolute Gasteiger partial charge is 0.416 e. The van der Waals surface area contributed by atoms with Gasteiger partial charge in [0.25, 0.3) is 0 Å². The van der Waals surface area contributed by atoms with Crippen LogP contribution in [0.5, 0.6) is 0 Å². The molecular weight excluding hydrogens is 323 g/mol. The minimum atomic E-state index is -4.37. The van der Waals surface area contributed by atoms with Crippen molar-refractivity contribution in [1.29, 1.82) is 0 Å². The molecule has 0 bridgehead atoms. The minimum Gasteiger partial charge on any atom is -0.469 e. The predicted molar refractivity (Wildman–Crippen MR) is 84.0 cm³/mol. The van der Waals surface area contributed by atoms with Crippen molar-refractivity contribution in [2.75, 3.05) is 13.7 Å². The summed E-state index contributed by atoms with van der Waals surface area (Å²) in [5.74, 6) is -0.568. The summed E-state index contributed by atoms with van der Waals surface area (Å²) >= 11 is 0. The topological polar surface area (TPSA) is 55.4 Å². The fourth-order valence-corrected chi connectivity index (χ4v) is 1.90. The summed E-state index contributed by atoms with van der Waals surface area (Å²) in [7, 11) is 1.34. The molecule has 0 spiro atoms. The van der Waals surface area contributed by atoms with E-state index in [9.17, 15) is 22.8 Å². The number of methoxy groups -OCH3 is 1. The van der Waals surface area contributed by atoms with Crippen molar-refractivity contribution in [2.24, 2.45) is 0 Å². The molecule has 0 heterocycles. The molecule has 0 saturated heterocycles. The first-order valence-corrected chi connectivity index (χ1v) is 7.53. The van der Waals surface area contributed by atoms with Gasteiger partial charge in [-0.25, -0.2) is 0 Å². The van der Waals surface area contributed by atoms with Gasteiger partial charge in [0.05, 0.1) is 12.7 Å². The van der Waals surface area contributed by atoms with E-state index in [0.717, 1.165) is 25.0 Å². The number of hydrogen-bond acceptors (Lipinski definition) is 3. The van der Waals surface area contributed by atoms with Gasteiger partial charge in [0, 0.05) is 19.0 Å². The minimum absolute atomic E-state index is 0.251. The molecule has 1 aromatic carbocycles. The van der Waals surface area contributed by atoms with Gasteiger partial charge in [-0.15, -0.1) is 0 Å². The molecule has 7 heteroatoms. The summed E-state index contributed by atoms with van der Waals surface area (Å²) < 4.78 is 41.8. The molecule has 0 aromatic heterocycles. The van der Waals surface area contributed by atoms with Gasteiger partial charge in [-0.1, -0.05) is 18.6 Å². The van der Waals surface area contributed by atoms with Crippen LogP contribution in [0.4, 0.5) is 13.2 Å². The average molecular weight is 343 g/mol. The molecular formula is C17H20F3NO3. The second-order valence-corrected chi connectivity index (χ2v) is 5.13. The number of unbranched alkanes of at least 4 members (excludes halogenated alkanes) is 2. The summed E-state index contributed by atoms with van der Waals surface area (Å²) in [6, 6.07) is 4.55. The van der Waals surface area contributed by atoms with Crippen LogP contribution >= 0.6 is 0 Å². The molecule has 4 nitrogen and oxygen atoms in total. The van der Waals surface area contributed by atoms with Crippen LogP contribution in [0.15, 0.2) is 30.3 Å². The highest BCUT2D eigenvalue weighted by atomic mass is 19.4. The quantitative estimate of drug-likeness (QED) is 0.446. The van der Waals surface area contributed by atoms with E-state index in [1.807, 2.05) is 0 Å². The number of esters is 1. The third-order valence-electron chi connectivity index (χ3n) is 3.25. The zero-order valence-corrected chi connectivity index (χ0v) is 13.4. The van der Waals surface area contributed by atoms with Crippen molar-refractivity contribution in [2.45, 2.75) is 31.9 Å². The summed E-state index contributed by atoms with van der Waals surface area (Å²) in [5, 5.41) is 2.67. The molecule has 24 heavy (non-hydrogen) atoms. The second-order valence-electron chi connectivity index (χ2n) is 5.13. The fourth-order valence-electron chi connectivity index (χ4n) is 1.90. The first kappa shape index (κ1) is 19.7. The van der Waals surface area contributed by atoms with Gasteiger partial charge in [-0.3, -0.25) is 9.59 Å². The van der Waals surface area contributed by atoms with E-state index < -0.39 is 11.7 Å². The van der Waals surface area contributed by atoms with E-state index in [4.69, 9.17) is 0 Å². The number of halogens is 3. The number of rotatable bonds is 8. The number of benzene rings is 1. The standard InChI is InChI=1S/C17H20F3NO3/c1-24-16(23)5-3-2-4-12-21-15(22)11-8-13-6-9-14(10-7-13)17(18,19)20/h6-11H,2-5,12H2,1H3,(H,21,22). The highest BCUT2D eigenvalue weighted by Gasteiger charge is 2.29. The van der Waals surface area contributed by atoms with Crippen molar-refractivity contribution in [1.82, 2.24) is 5.32 Å². The summed E-state index contributed by atoms with van der Waals surface area (Å²) in [4.78, 5) is 22.5. The highest BCUT2D eigenvalue weighted by molar-refractivity contribution is 5.91. The molecule has 0 radical (unpaired) electrons. The Hall–Kier alpha value is -2.31. The Morgan fingerprint density at radius 1 is 1.12 bits per heavy atom. The lowest BCUT2D eigenvalue weighted by Crippen LogP contribution is -2.22. The van der Waals surface area contributed by atoms with Gasteiger partial charge in [0.1, 0.15) is 0 Å². The number of alkyl halides is 3. The van der Waals surface area contributed by atoms with Crippen LogP contribution in [-0.2, 0) is 20.5 Å². The van der Waals surface area contributed by atoms with Gasteiger partial charge in [-0.05, 0) is 36.6 Å². The van der Waals surface area contributed by atoms with Crippen molar-refractivity contribution in [3.8, 4) is 0 Å². The van der Waals surface area contributed by atoms with Gasteiger partial charge < -0.3 is 10.1 Å². The van der Waals surface area contributed by atoms with E-state index in [0.29, 0.717) is 24.9 Å². The van der Waals surface area contributed by atoms with E-state index in [2.05, 4.69) is 10.1 Å². The third kappa shape index (κ3) is 7.80. The number of amides is 1. The van der Waals surface area contributed by atoms with Gasteiger partial charge >= 0.3 is 12.1 Å². The van der Waals surface area contributed by atoms with Gasteiger partial charge in [0.15, 0.2) is 0 Å². The lowest BCUT2D eigenvalue weighted by Gasteiger charge is -2.06. The zero-order valence-electron chi connectivity index (χ0n) is 13.4. The maximum absolute atomic E-state index is 12.4. The summed E-state index contributed by atoms with van der Waals surface area (Å²) in [6.07, 6.45) is 0.939. The van der Waals surface area contributed by atoms with Crippen LogP contribution in [0.2, 0.25) is 0 Å². The SMILES string of the molecule is COC(=O)CCCCCNC(=O)C=Cc1ccc(C(F)(F)F)cc1. The molecule has 0 aliphatic heterocycles. The van der Waals surface area contributed by atoms with Crippen LogP contribution in [0.1, 0.15) is 36.8 Å². The number of carbonyl (C=O) groups is 2. The van der Waals surface area contributed by atoms with Crippen LogP contribution < -0.4 is 5.32 Å². The molecule has 0 unspecified atom stereocenters. The van der Waals surface area contributed by atoms with Crippen molar-refractivity contribution >= 4 is 18.0 Å². The molecule has 1 rings (SSSR count). The monoisotopic (exact) mass is 343 g/mol. The van der Waals surface area contributed by atoms with Crippen LogP contribution in [0.3, 0.4) is 0 Å². The van der Waals surface area contributed by atoms with Crippen LogP contribution in [-0.4, -0.2) is 25.5 Å². The maximum Gasteiger partial charge on any atom is 0.416 e. The van der Waals surface area contributed by atoms with Crippen molar-refractivity contribution < 1.29 is 27.5 Å². The lowest BCUT2D eigenvalue weighted by molar-refractivity contribution is -0.141. The molecule has 0 fully saturated rings. The Labute approximate surface area is 138 Å². The Balaban J connectivity index is 2.27. The van der Waals surface area contributed by atoms with E-state index >= 15 is 0 Å². The molecule has 0 atom stereocenters. The largest absolute Gasteiger partial charge is 0.469 e. The third-order valence-corrected chi connectivity index (χ3v) is 3.25. The maximum atomic E-state index is 12.4. The number of carbonyl (C=O) groups excluding carboxylic acids is 2. The molecule has 132 valence electrons. The number of nitrogens with one attached hydrogen (secondary N) is 1. The van der Waals surface area contributed by atoms with E-state index in [1.54, 1.807) is 0 Å². The molecule has 1 aromatic rings. The Morgan fingerprint density at radius 3 is 2.38 bits per heavy atom. The average Bonchev–Trinajstić information content (AvgIpc) is 2.55. The Bertz CT molecular complexity index is 565. The molecule has 1 N–H and O–H groups in total. The molecule has 0 saturated carbocycles. The number of ether oxygens (including phenoxy) is 1. The number of hydrogen-bond donors (Lipinski definition) is 1. The first-order valence-electron chi connectivity index (χ1n) is 7.53. The van der Waals surface area contributed by atoms with Crippen LogP contribution in [0.25, 0.3) is 6.08 Å². The van der Waals surface area contributed by atoms with Crippen LogP contribution in [0, 0.1) is 0 Å². The summed E-state index contributed by atoms with van der Waals surface area (Å²) in [6.45, 7) is 0.470. The lowest BCUT2D eigenvalue weighted by atomic mass is 10.1. The first-order chi connectivity index (χ1) is 11.3. The van der Waals surface area contributed by atoms with Gasteiger partial charge in [0.2, 0.25) is 5.91 Å².